The number of ether oxygens (including phenoxy) is 1. The summed E-state index contributed by atoms with van der Waals surface area (Å²) in [5.74, 6) is 2.36. The Labute approximate surface area is 121 Å². The minimum atomic E-state index is 0.250. The molecule has 0 radical (unpaired) electrons. The number of rotatable bonds is 3. The lowest BCUT2D eigenvalue weighted by Crippen LogP contribution is -2.33. The molecule has 0 spiro atoms. The van der Waals surface area contributed by atoms with Gasteiger partial charge in [-0.05, 0) is 48.3 Å². The second kappa shape index (κ2) is 5.43. The van der Waals surface area contributed by atoms with Crippen molar-refractivity contribution in [2.45, 2.75) is 37.0 Å². The van der Waals surface area contributed by atoms with Crippen LogP contribution in [0.4, 0.5) is 0 Å². The third kappa shape index (κ3) is 2.56. The van der Waals surface area contributed by atoms with Crippen LogP contribution in [0.3, 0.4) is 0 Å². The molecule has 1 fully saturated rings. The first-order valence-corrected chi connectivity index (χ1v) is 8.39. The Morgan fingerprint density at radius 2 is 2.39 bits per heavy atom. The van der Waals surface area contributed by atoms with E-state index in [9.17, 15) is 0 Å². The average Bonchev–Trinajstić information content (AvgIpc) is 2.98. The van der Waals surface area contributed by atoms with Crippen LogP contribution in [0.1, 0.15) is 24.0 Å². The molecule has 0 amide bonds. The zero-order valence-electron chi connectivity index (χ0n) is 10.3. The molecule has 2 unspecified atom stereocenters. The van der Waals surface area contributed by atoms with Gasteiger partial charge in [-0.2, -0.15) is 11.8 Å². The molecule has 2 atom stereocenters. The minimum Gasteiger partial charge on any atom is -0.493 e. The van der Waals surface area contributed by atoms with Crippen molar-refractivity contribution in [2.75, 3.05) is 12.4 Å². The van der Waals surface area contributed by atoms with Gasteiger partial charge < -0.3 is 10.5 Å². The van der Waals surface area contributed by atoms with Gasteiger partial charge in [0.05, 0.1) is 6.61 Å². The molecule has 2 aliphatic rings. The SMILES string of the molecule is NC(Cc1cc(Br)cc2c1OCC2)C1CCCS1. The monoisotopic (exact) mass is 327 g/mol. The van der Waals surface area contributed by atoms with E-state index in [1.807, 2.05) is 11.8 Å². The molecule has 0 saturated carbocycles. The smallest absolute Gasteiger partial charge is 0.125 e. The molecular formula is C14H18BrNOS. The number of benzene rings is 1. The second-order valence-electron chi connectivity index (χ2n) is 5.07. The molecule has 98 valence electrons. The van der Waals surface area contributed by atoms with Crippen LogP contribution in [-0.4, -0.2) is 23.7 Å². The number of nitrogens with two attached hydrogens (primary N) is 1. The van der Waals surface area contributed by atoms with Crippen molar-refractivity contribution in [1.29, 1.82) is 0 Å². The maximum absolute atomic E-state index is 6.36. The van der Waals surface area contributed by atoms with Gasteiger partial charge in [0.1, 0.15) is 5.75 Å². The van der Waals surface area contributed by atoms with Crippen LogP contribution in [0.15, 0.2) is 16.6 Å². The van der Waals surface area contributed by atoms with Crippen molar-refractivity contribution in [3.05, 3.63) is 27.7 Å². The molecule has 3 rings (SSSR count). The first-order valence-electron chi connectivity index (χ1n) is 6.55. The zero-order valence-corrected chi connectivity index (χ0v) is 12.7. The lowest BCUT2D eigenvalue weighted by atomic mass is 9.99. The summed E-state index contributed by atoms with van der Waals surface area (Å²) in [4.78, 5) is 0. The molecular weight excluding hydrogens is 310 g/mol. The molecule has 18 heavy (non-hydrogen) atoms. The Hall–Kier alpha value is -0.190. The maximum atomic E-state index is 6.36. The molecule has 2 aliphatic heterocycles. The Morgan fingerprint density at radius 3 is 3.17 bits per heavy atom. The standard InChI is InChI=1S/C14H18BrNOS/c15-11-6-9-3-4-17-14(9)10(7-11)8-12(16)13-2-1-5-18-13/h6-7,12-13H,1-5,8,16H2. The quantitative estimate of drug-likeness (QED) is 0.926. The molecule has 1 saturated heterocycles. The number of halogens is 1. The third-order valence-electron chi connectivity index (χ3n) is 3.72. The Morgan fingerprint density at radius 1 is 1.50 bits per heavy atom. The number of hydrogen-bond acceptors (Lipinski definition) is 3. The highest BCUT2D eigenvalue weighted by Gasteiger charge is 2.25. The fourth-order valence-corrected chi connectivity index (χ4v) is 4.69. The van der Waals surface area contributed by atoms with Crippen molar-refractivity contribution < 1.29 is 4.74 Å². The van der Waals surface area contributed by atoms with Gasteiger partial charge in [0.2, 0.25) is 0 Å². The van der Waals surface area contributed by atoms with Gasteiger partial charge >= 0.3 is 0 Å². The highest BCUT2D eigenvalue weighted by atomic mass is 79.9. The molecule has 0 bridgehead atoms. The highest BCUT2D eigenvalue weighted by molar-refractivity contribution is 9.10. The van der Waals surface area contributed by atoms with Crippen molar-refractivity contribution in [1.82, 2.24) is 0 Å². The minimum absolute atomic E-state index is 0.250. The summed E-state index contributed by atoms with van der Waals surface area (Å²) < 4.78 is 6.91. The predicted octanol–water partition coefficient (Wildman–Crippen LogP) is 3.15. The number of hydrogen-bond donors (Lipinski definition) is 1. The molecule has 0 aromatic heterocycles. The third-order valence-corrected chi connectivity index (χ3v) is 5.72. The van der Waals surface area contributed by atoms with E-state index in [0.29, 0.717) is 5.25 Å². The Balaban J connectivity index is 1.79. The Kier molecular flexibility index (Phi) is 3.87. The van der Waals surface area contributed by atoms with Crippen molar-refractivity contribution >= 4 is 27.7 Å². The van der Waals surface area contributed by atoms with Gasteiger partial charge in [0, 0.05) is 22.2 Å². The topological polar surface area (TPSA) is 35.2 Å². The van der Waals surface area contributed by atoms with Gasteiger partial charge in [0.15, 0.2) is 0 Å². The maximum Gasteiger partial charge on any atom is 0.125 e. The lowest BCUT2D eigenvalue weighted by molar-refractivity contribution is 0.352. The van der Waals surface area contributed by atoms with E-state index in [4.69, 9.17) is 10.5 Å². The summed E-state index contributed by atoms with van der Waals surface area (Å²) in [6, 6.07) is 4.59. The van der Waals surface area contributed by atoms with E-state index in [1.165, 1.54) is 29.7 Å². The van der Waals surface area contributed by atoms with Crippen LogP contribution in [-0.2, 0) is 12.8 Å². The van der Waals surface area contributed by atoms with Crippen LogP contribution in [0, 0.1) is 0 Å². The number of fused-ring (bicyclic) bond motifs is 1. The molecule has 1 aromatic rings. The van der Waals surface area contributed by atoms with E-state index in [-0.39, 0.29) is 6.04 Å². The van der Waals surface area contributed by atoms with Crippen LogP contribution < -0.4 is 10.5 Å². The molecule has 2 N–H and O–H groups in total. The van der Waals surface area contributed by atoms with Crippen LogP contribution in [0.5, 0.6) is 5.75 Å². The van der Waals surface area contributed by atoms with Gasteiger partial charge in [0.25, 0.3) is 0 Å². The van der Waals surface area contributed by atoms with Crippen molar-refractivity contribution in [3.8, 4) is 5.75 Å². The van der Waals surface area contributed by atoms with Gasteiger partial charge in [-0.3, -0.25) is 0 Å². The van der Waals surface area contributed by atoms with E-state index in [1.54, 1.807) is 0 Å². The predicted molar refractivity (Wildman–Crippen MR) is 80.5 cm³/mol. The summed E-state index contributed by atoms with van der Waals surface area (Å²) in [6.45, 7) is 0.812. The highest BCUT2D eigenvalue weighted by Crippen LogP contribution is 2.35. The largest absolute Gasteiger partial charge is 0.493 e. The second-order valence-corrected chi connectivity index (χ2v) is 7.33. The van der Waals surface area contributed by atoms with Crippen LogP contribution >= 0.6 is 27.7 Å². The van der Waals surface area contributed by atoms with E-state index < -0.39 is 0 Å². The molecule has 0 aliphatic carbocycles. The number of thioether (sulfide) groups is 1. The molecule has 2 nitrogen and oxygen atoms in total. The van der Waals surface area contributed by atoms with E-state index in [0.717, 1.165) is 29.7 Å². The van der Waals surface area contributed by atoms with Crippen molar-refractivity contribution in [2.24, 2.45) is 5.73 Å². The van der Waals surface area contributed by atoms with Gasteiger partial charge in [-0.25, -0.2) is 0 Å². The summed E-state index contributed by atoms with van der Waals surface area (Å²) in [6.07, 6.45) is 4.54. The first-order chi connectivity index (χ1) is 8.74. The van der Waals surface area contributed by atoms with Crippen LogP contribution in [0.2, 0.25) is 0 Å². The zero-order chi connectivity index (χ0) is 12.5. The molecule has 2 heterocycles. The molecule has 1 aromatic carbocycles. The normalized spacial score (nSPS) is 23.8. The van der Waals surface area contributed by atoms with E-state index >= 15 is 0 Å². The summed E-state index contributed by atoms with van der Waals surface area (Å²) in [7, 11) is 0. The molecule has 4 heteroatoms. The summed E-state index contributed by atoms with van der Waals surface area (Å²) >= 11 is 5.62. The fraction of sp³-hybridized carbons (Fsp3) is 0.571. The lowest BCUT2D eigenvalue weighted by Gasteiger charge is -2.19. The average molecular weight is 328 g/mol. The van der Waals surface area contributed by atoms with Gasteiger partial charge in [-0.15, -0.1) is 0 Å². The van der Waals surface area contributed by atoms with E-state index in [2.05, 4.69) is 28.1 Å². The Bertz CT molecular complexity index is 446. The van der Waals surface area contributed by atoms with Gasteiger partial charge in [-0.1, -0.05) is 15.9 Å². The van der Waals surface area contributed by atoms with Crippen molar-refractivity contribution in [3.63, 3.8) is 0 Å². The summed E-state index contributed by atoms with van der Waals surface area (Å²) in [5.41, 5.74) is 8.96. The fourth-order valence-electron chi connectivity index (χ4n) is 2.82. The summed E-state index contributed by atoms with van der Waals surface area (Å²) in [5, 5.41) is 0.626. The first kappa shape index (κ1) is 12.8. The van der Waals surface area contributed by atoms with Crippen LogP contribution in [0.25, 0.3) is 0 Å².